The van der Waals surface area contributed by atoms with E-state index in [0.29, 0.717) is 23.5 Å². The number of amides is 2. The van der Waals surface area contributed by atoms with E-state index in [1.54, 1.807) is 4.90 Å². The summed E-state index contributed by atoms with van der Waals surface area (Å²) in [5.74, 6) is 0.816. The summed E-state index contributed by atoms with van der Waals surface area (Å²) in [7, 11) is 0. The lowest BCUT2D eigenvalue weighted by atomic mass is 9.89. The number of anilines is 1. The van der Waals surface area contributed by atoms with E-state index in [1.807, 2.05) is 6.92 Å². The monoisotopic (exact) mass is 404 g/mol. The van der Waals surface area contributed by atoms with Crippen LogP contribution in [0.25, 0.3) is 0 Å². The molecule has 150 valence electrons. The fourth-order valence-electron chi connectivity index (χ4n) is 3.74. The van der Waals surface area contributed by atoms with E-state index in [4.69, 9.17) is 4.52 Å². The minimum absolute atomic E-state index is 0.101. The molecule has 2 fully saturated rings. The maximum atomic E-state index is 12.5. The van der Waals surface area contributed by atoms with Gasteiger partial charge in [-0.1, -0.05) is 42.7 Å². The Labute approximate surface area is 166 Å². The largest absolute Gasteiger partial charge is 0.347 e. The number of rotatable bonds is 6. The van der Waals surface area contributed by atoms with Crippen molar-refractivity contribution in [2.24, 2.45) is 5.92 Å². The number of nitrogens with zero attached hydrogens (tertiary/aromatic N) is 5. The lowest BCUT2D eigenvalue weighted by Crippen LogP contribution is -2.32. The average Bonchev–Trinajstić information content (AvgIpc) is 3.46. The first-order valence-corrected chi connectivity index (χ1v) is 10.7. The maximum absolute atomic E-state index is 12.5. The summed E-state index contributed by atoms with van der Waals surface area (Å²) in [6.45, 7) is 2.49. The second-order valence-corrected chi connectivity index (χ2v) is 8.38. The van der Waals surface area contributed by atoms with Crippen molar-refractivity contribution in [3.05, 3.63) is 16.7 Å². The Morgan fingerprint density at radius 3 is 2.86 bits per heavy atom. The zero-order valence-electron chi connectivity index (χ0n) is 15.9. The third-order valence-corrected chi connectivity index (χ3v) is 6.44. The van der Waals surface area contributed by atoms with E-state index in [0.717, 1.165) is 30.1 Å². The highest BCUT2D eigenvalue weighted by Gasteiger charge is 2.36. The molecular formula is C18H24N6O3S. The molecule has 9 nitrogen and oxygen atoms in total. The highest BCUT2D eigenvalue weighted by atomic mass is 32.1. The Morgan fingerprint density at radius 2 is 2.11 bits per heavy atom. The first-order valence-electron chi connectivity index (χ1n) is 9.87. The van der Waals surface area contributed by atoms with Crippen molar-refractivity contribution in [2.45, 2.75) is 64.3 Å². The van der Waals surface area contributed by atoms with Crippen molar-refractivity contribution in [1.82, 2.24) is 25.7 Å². The molecule has 1 aliphatic carbocycles. The Bertz CT molecular complexity index is 844. The zero-order valence-corrected chi connectivity index (χ0v) is 16.7. The summed E-state index contributed by atoms with van der Waals surface area (Å²) >= 11 is 1.39. The molecule has 3 heterocycles. The van der Waals surface area contributed by atoms with Crippen molar-refractivity contribution < 1.29 is 14.1 Å². The van der Waals surface area contributed by atoms with E-state index in [9.17, 15) is 9.59 Å². The Morgan fingerprint density at radius 1 is 1.29 bits per heavy atom. The quantitative estimate of drug-likeness (QED) is 0.785. The lowest BCUT2D eigenvalue weighted by molar-refractivity contribution is -0.126. The molecule has 28 heavy (non-hydrogen) atoms. The van der Waals surface area contributed by atoms with E-state index in [1.165, 1.54) is 30.6 Å². The van der Waals surface area contributed by atoms with Gasteiger partial charge in [0, 0.05) is 18.9 Å². The van der Waals surface area contributed by atoms with Crippen LogP contribution in [-0.4, -0.2) is 38.7 Å². The summed E-state index contributed by atoms with van der Waals surface area (Å²) in [6, 6.07) is 0. The van der Waals surface area contributed by atoms with Crippen LogP contribution >= 0.6 is 11.3 Å². The van der Waals surface area contributed by atoms with Gasteiger partial charge in [-0.2, -0.15) is 4.98 Å². The number of hydrogen-bond donors (Lipinski definition) is 1. The SMILES string of the molecule is CCc1nnc(N2CC(C(=O)NCc3nc(C4CCCCC4)no3)CC2=O)s1. The second kappa shape index (κ2) is 8.34. The number of carbonyl (C=O) groups is 2. The van der Waals surface area contributed by atoms with Crippen molar-refractivity contribution in [3.63, 3.8) is 0 Å². The van der Waals surface area contributed by atoms with Crippen molar-refractivity contribution >= 4 is 28.3 Å². The third-order valence-electron chi connectivity index (χ3n) is 5.35. The van der Waals surface area contributed by atoms with Crippen molar-refractivity contribution in [1.29, 1.82) is 0 Å². The standard InChI is InChI=1S/C18H24N6O3S/c1-2-14-21-22-18(28-14)24-10-12(8-15(24)25)17(26)19-9-13-20-16(23-27-13)11-6-4-3-5-7-11/h11-12H,2-10H2,1H3,(H,19,26). The first-order chi connectivity index (χ1) is 13.6. The predicted octanol–water partition coefficient (Wildman–Crippen LogP) is 2.20. The predicted molar refractivity (Wildman–Crippen MR) is 102 cm³/mol. The number of hydrogen-bond acceptors (Lipinski definition) is 8. The van der Waals surface area contributed by atoms with Gasteiger partial charge in [-0.25, -0.2) is 0 Å². The summed E-state index contributed by atoms with van der Waals surface area (Å²) in [5.41, 5.74) is 0. The fourth-order valence-corrected chi connectivity index (χ4v) is 4.54. The van der Waals surface area contributed by atoms with Gasteiger partial charge in [0.2, 0.25) is 22.8 Å². The van der Waals surface area contributed by atoms with Crippen LogP contribution in [0.2, 0.25) is 0 Å². The summed E-state index contributed by atoms with van der Waals surface area (Å²) in [6.07, 6.45) is 6.80. The summed E-state index contributed by atoms with van der Waals surface area (Å²) in [4.78, 5) is 30.8. The number of aromatic nitrogens is 4. The Hall–Kier alpha value is -2.36. The molecule has 1 saturated carbocycles. The van der Waals surface area contributed by atoms with Gasteiger partial charge in [0.25, 0.3) is 0 Å². The van der Waals surface area contributed by atoms with Gasteiger partial charge in [0.15, 0.2) is 5.82 Å². The molecule has 10 heteroatoms. The second-order valence-electron chi connectivity index (χ2n) is 7.34. The molecule has 0 bridgehead atoms. The van der Waals surface area contributed by atoms with Gasteiger partial charge in [-0.05, 0) is 19.3 Å². The zero-order chi connectivity index (χ0) is 19.5. The van der Waals surface area contributed by atoms with Gasteiger partial charge in [-0.15, -0.1) is 10.2 Å². The van der Waals surface area contributed by atoms with Crippen LogP contribution in [0.4, 0.5) is 5.13 Å². The molecule has 2 amide bonds. The van der Waals surface area contributed by atoms with Crippen LogP contribution in [0.1, 0.15) is 68.1 Å². The molecule has 4 rings (SSSR count). The number of aryl methyl sites for hydroxylation is 1. The Kier molecular flexibility index (Phi) is 5.65. The lowest BCUT2D eigenvalue weighted by Gasteiger charge is -2.17. The van der Waals surface area contributed by atoms with Crippen LogP contribution in [-0.2, 0) is 22.6 Å². The summed E-state index contributed by atoms with van der Waals surface area (Å²) < 4.78 is 5.29. The maximum Gasteiger partial charge on any atom is 0.246 e. The molecule has 1 atom stereocenters. The van der Waals surface area contributed by atoms with E-state index >= 15 is 0 Å². The molecule has 2 aromatic rings. The molecule has 0 radical (unpaired) electrons. The normalized spacial score (nSPS) is 20.7. The highest BCUT2D eigenvalue weighted by Crippen LogP contribution is 2.31. The molecule has 2 aromatic heterocycles. The van der Waals surface area contributed by atoms with Crippen molar-refractivity contribution in [3.8, 4) is 0 Å². The minimum atomic E-state index is -0.415. The molecule has 1 unspecified atom stereocenters. The molecule has 2 aliphatic rings. The molecule has 0 aromatic carbocycles. The topological polar surface area (TPSA) is 114 Å². The van der Waals surface area contributed by atoms with E-state index < -0.39 is 5.92 Å². The van der Waals surface area contributed by atoms with Gasteiger partial charge in [0.05, 0.1) is 12.5 Å². The fraction of sp³-hybridized carbons (Fsp3) is 0.667. The molecule has 1 aliphatic heterocycles. The Balaban J connectivity index is 1.30. The average molecular weight is 404 g/mol. The molecule has 0 spiro atoms. The number of carbonyl (C=O) groups excluding carboxylic acids is 2. The van der Waals surface area contributed by atoms with Crippen LogP contribution in [0.5, 0.6) is 0 Å². The van der Waals surface area contributed by atoms with Gasteiger partial charge < -0.3 is 9.84 Å². The van der Waals surface area contributed by atoms with Crippen LogP contribution in [0.3, 0.4) is 0 Å². The molecule has 1 N–H and O–H groups in total. The molecule has 1 saturated heterocycles. The summed E-state index contributed by atoms with van der Waals surface area (Å²) in [5, 5.41) is 16.4. The van der Waals surface area contributed by atoms with Gasteiger partial charge in [-0.3, -0.25) is 14.5 Å². The van der Waals surface area contributed by atoms with Crippen LogP contribution < -0.4 is 10.2 Å². The van der Waals surface area contributed by atoms with Crippen LogP contribution in [0.15, 0.2) is 4.52 Å². The third kappa shape index (κ3) is 4.06. The van der Waals surface area contributed by atoms with Crippen LogP contribution in [0, 0.1) is 5.92 Å². The molecular weight excluding hydrogens is 380 g/mol. The minimum Gasteiger partial charge on any atom is -0.347 e. The number of nitrogens with one attached hydrogen (secondary N) is 1. The van der Waals surface area contributed by atoms with E-state index in [2.05, 4.69) is 25.7 Å². The van der Waals surface area contributed by atoms with E-state index in [-0.39, 0.29) is 24.8 Å². The first kappa shape index (κ1) is 19.0. The smallest absolute Gasteiger partial charge is 0.246 e. The van der Waals surface area contributed by atoms with Gasteiger partial charge >= 0.3 is 0 Å². The highest BCUT2D eigenvalue weighted by molar-refractivity contribution is 7.15. The van der Waals surface area contributed by atoms with Crippen molar-refractivity contribution in [2.75, 3.05) is 11.4 Å². The van der Waals surface area contributed by atoms with Gasteiger partial charge in [0.1, 0.15) is 5.01 Å².